The minimum absolute atomic E-state index is 0.156. The number of hydrogen-bond acceptors (Lipinski definition) is 4. The maximum Gasteiger partial charge on any atom is 0.323 e. The van der Waals surface area contributed by atoms with E-state index in [1.807, 2.05) is 30.3 Å². The predicted octanol–water partition coefficient (Wildman–Crippen LogP) is 2.45. The maximum absolute atomic E-state index is 11.6. The first kappa shape index (κ1) is 16.0. The molecule has 5 nitrogen and oxygen atoms in total. The molecule has 2 aromatic carbocycles. The molecule has 0 unspecified atom stereocenters. The van der Waals surface area contributed by atoms with Crippen molar-refractivity contribution in [1.82, 2.24) is 5.06 Å². The first-order valence-corrected chi connectivity index (χ1v) is 6.95. The number of nitrogens with zero attached hydrogens (tertiary/aromatic N) is 1. The summed E-state index contributed by atoms with van der Waals surface area (Å²) < 4.78 is 0. The fraction of sp³-hybridized carbons (Fsp3) is 0.235. The van der Waals surface area contributed by atoms with Crippen LogP contribution in [0.15, 0.2) is 54.6 Å². The number of hydroxylamine groups is 2. The Kier molecular flexibility index (Phi) is 5.52. The highest BCUT2D eigenvalue weighted by Gasteiger charge is 2.26. The zero-order valence-electron chi connectivity index (χ0n) is 12.3. The van der Waals surface area contributed by atoms with E-state index in [1.165, 1.54) is 12.2 Å². The van der Waals surface area contributed by atoms with Crippen molar-refractivity contribution >= 4 is 5.97 Å². The Morgan fingerprint density at radius 2 is 1.73 bits per heavy atom. The summed E-state index contributed by atoms with van der Waals surface area (Å²) in [6.45, 7) is 0.381. The van der Waals surface area contributed by atoms with E-state index in [0.29, 0.717) is 6.54 Å². The van der Waals surface area contributed by atoms with Gasteiger partial charge in [-0.3, -0.25) is 4.79 Å². The van der Waals surface area contributed by atoms with Gasteiger partial charge < -0.3 is 15.1 Å². The molecule has 116 valence electrons. The number of rotatable bonds is 7. The molecule has 0 bridgehead atoms. The van der Waals surface area contributed by atoms with Crippen LogP contribution >= 0.6 is 0 Å². The van der Waals surface area contributed by atoms with Gasteiger partial charge in [0.1, 0.15) is 11.8 Å². The largest absolute Gasteiger partial charge is 0.508 e. The van der Waals surface area contributed by atoms with Crippen LogP contribution in [-0.2, 0) is 22.6 Å². The second-order valence-corrected chi connectivity index (χ2v) is 4.97. The molecule has 0 aromatic heterocycles. The number of aliphatic carboxylic acids is 1. The zero-order chi connectivity index (χ0) is 15.9. The summed E-state index contributed by atoms with van der Waals surface area (Å²) in [6, 6.07) is 15.3. The van der Waals surface area contributed by atoms with Gasteiger partial charge in [-0.2, -0.15) is 5.06 Å². The summed E-state index contributed by atoms with van der Waals surface area (Å²) >= 11 is 0. The smallest absolute Gasteiger partial charge is 0.323 e. The van der Waals surface area contributed by atoms with Gasteiger partial charge in [0.05, 0.1) is 13.7 Å². The first-order valence-electron chi connectivity index (χ1n) is 6.95. The van der Waals surface area contributed by atoms with Crippen LogP contribution in [0.1, 0.15) is 11.1 Å². The van der Waals surface area contributed by atoms with Crippen LogP contribution in [0.5, 0.6) is 5.75 Å². The summed E-state index contributed by atoms with van der Waals surface area (Å²) in [5, 5.41) is 20.2. The number of phenols is 1. The van der Waals surface area contributed by atoms with Crippen molar-refractivity contribution in [2.75, 3.05) is 7.11 Å². The molecule has 0 saturated carbocycles. The molecule has 0 fully saturated rings. The number of carboxylic acids is 1. The Morgan fingerprint density at radius 3 is 2.27 bits per heavy atom. The molecular formula is C17H19NO4. The van der Waals surface area contributed by atoms with Crippen LogP contribution in [0.2, 0.25) is 0 Å². The lowest BCUT2D eigenvalue weighted by Gasteiger charge is -2.26. The van der Waals surface area contributed by atoms with Crippen molar-refractivity contribution in [3.63, 3.8) is 0 Å². The van der Waals surface area contributed by atoms with Gasteiger partial charge in [0.15, 0.2) is 0 Å². The second-order valence-electron chi connectivity index (χ2n) is 4.97. The Hall–Kier alpha value is -2.37. The molecule has 0 radical (unpaired) electrons. The molecule has 22 heavy (non-hydrogen) atoms. The fourth-order valence-electron chi connectivity index (χ4n) is 2.23. The van der Waals surface area contributed by atoms with Gasteiger partial charge in [-0.1, -0.05) is 42.5 Å². The highest BCUT2D eigenvalue weighted by atomic mass is 16.7. The summed E-state index contributed by atoms with van der Waals surface area (Å²) in [6.07, 6.45) is 0.288. The summed E-state index contributed by atoms with van der Waals surface area (Å²) in [5.74, 6) is -0.797. The van der Waals surface area contributed by atoms with Gasteiger partial charge in [-0.05, 0) is 23.3 Å². The Balaban J connectivity index is 2.14. The van der Waals surface area contributed by atoms with Crippen LogP contribution in [-0.4, -0.2) is 34.4 Å². The SMILES string of the molecule is CON(Cc1ccccc1)[C@@H](Cc1ccc(O)cc1)C(=O)O. The van der Waals surface area contributed by atoms with E-state index < -0.39 is 12.0 Å². The van der Waals surface area contributed by atoms with Crippen molar-refractivity contribution in [2.24, 2.45) is 0 Å². The average molecular weight is 301 g/mol. The standard InChI is InChI=1S/C17H19NO4/c1-22-18(12-14-5-3-2-4-6-14)16(17(20)21)11-13-7-9-15(19)10-8-13/h2-10,16,19H,11-12H2,1H3,(H,20,21)/t16-/m0/s1. The van der Waals surface area contributed by atoms with Gasteiger partial charge in [0.2, 0.25) is 0 Å². The molecule has 0 heterocycles. The van der Waals surface area contributed by atoms with E-state index in [9.17, 15) is 15.0 Å². The Labute approximate surface area is 129 Å². The minimum atomic E-state index is -0.953. The van der Waals surface area contributed by atoms with E-state index in [2.05, 4.69) is 0 Å². The van der Waals surface area contributed by atoms with Gasteiger partial charge in [-0.15, -0.1) is 0 Å². The van der Waals surface area contributed by atoms with E-state index in [-0.39, 0.29) is 12.2 Å². The maximum atomic E-state index is 11.6. The molecule has 0 spiro atoms. The Bertz CT molecular complexity index is 598. The molecule has 0 saturated heterocycles. The quantitative estimate of drug-likeness (QED) is 0.769. The summed E-state index contributed by atoms with van der Waals surface area (Å²) in [4.78, 5) is 16.9. The normalized spacial score (nSPS) is 12.3. The van der Waals surface area contributed by atoms with Gasteiger partial charge in [0, 0.05) is 6.42 Å². The first-order chi connectivity index (χ1) is 10.6. The van der Waals surface area contributed by atoms with Gasteiger partial charge in [0.25, 0.3) is 0 Å². The molecule has 2 N–H and O–H groups in total. The lowest BCUT2D eigenvalue weighted by molar-refractivity contribution is -0.188. The van der Waals surface area contributed by atoms with Crippen molar-refractivity contribution < 1.29 is 19.8 Å². The lowest BCUT2D eigenvalue weighted by Crippen LogP contribution is -2.41. The third-order valence-corrected chi connectivity index (χ3v) is 3.41. The number of hydrogen-bond donors (Lipinski definition) is 2. The van der Waals surface area contributed by atoms with Crippen LogP contribution < -0.4 is 0 Å². The minimum Gasteiger partial charge on any atom is -0.508 e. The van der Waals surface area contributed by atoms with Crippen LogP contribution in [0.3, 0.4) is 0 Å². The van der Waals surface area contributed by atoms with E-state index >= 15 is 0 Å². The Morgan fingerprint density at radius 1 is 1.09 bits per heavy atom. The number of benzene rings is 2. The third-order valence-electron chi connectivity index (χ3n) is 3.41. The summed E-state index contributed by atoms with van der Waals surface area (Å²) in [5.41, 5.74) is 1.79. The third kappa shape index (κ3) is 4.31. The zero-order valence-corrected chi connectivity index (χ0v) is 12.3. The monoisotopic (exact) mass is 301 g/mol. The number of aromatic hydroxyl groups is 1. The number of phenolic OH excluding ortho intramolecular Hbond substituents is 1. The van der Waals surface area contributed by atoms with Gasteiger partial charge >= 0.3 is 5.97 Å². The van der Waals surface area contributed by atoms with Crippen molar-refractivity contribution in [3.8, 4) is 5.75 Å². The molecule has 0 amide bonds. The molecule has 1 atom stereocenters. The van der Waals surface area contributed by atoms with Gasteiger partial charge in [-0.25, -0.2) is 0 Å². The van der Waals surface area contributed by atoms with E-state index in [1.54, 1.807) is 24.3 Å². The van der Waals surface area contributed by atoms with E-state index in [4.69, 9.17) is 4.84 Å². The van der Waals surface area contributed by atoms with E-state index in [0.717, 1.165) is 11.1 Å². The molecule has 0 aliphatic carbocycles. The lowest BCUT2D eigenvalue weighted by atomic mass is 10.0. The molecule has 5 heteroatoms. The topological polar surface area (TPSA) is 70.0 Å². The highest BCUT2D eigenvalue weighted by molar-refractivity contribution is 5.73. The molecule has 0 aliphatic rings. The fourth-order valence-corrected chi connectivity index (χ4v) is 2.23. The highest BCUT2D eigenvalue weighted by Crippen LogP contribution is 2.16. The molecular weight excluding hydrogens is 282 g/mol. The summed E-state index contributed by atoms with van der Waals surface area (Å²) in [7, 11) is 1.47. The number of carbonyl (C=O) groups is 1. The molecule has 0 aliphatic heterocycles. The van der Waals surface area contributed by atoms with Crippen LogP contribution in [0.4, 0.5) is 0 Å². The second kappa shape index (κ2) is 7.59. The predicted molar refractivity (Wildman–Crippen MR) is 82.2 cm³/mol. The van der Waals surface area contributed by atoms with Crippen LogP contribution in [0.25, 0.3) is 0 Å². The average Bonchev–Trinajstić information content (AvgIpc) is 2.53. The van der Waals surface area contributed by atoms with Crippen LogP contribution in [0, 0.1) is 0 Å². The van der Waals surface area contributed by atoms with Crippen molar-refractivity contribution in [3.05, 3.63) is 65.7 Å². The molecule has 2 aromatic rings. The van der Waals surface area contributed by atoms with Crippen molar-refractivity contribution in [1.29, 1.82) is 0 Å². The van der Waals surface area contributed by atoms with Crippen molar-refractivity contribution in [2.45, 2.75) is 19.0 Å². The molecule has 2 rings (SSSR count). The number of carboxylic acid groups (broad SMARTS) is 1.